The molecule has 0 fully saturated rings. The van der Waals surface area contributed by atoms with Gasteiger partial charge in [0.25, 0.3) is 5.56 Å². The molecule has 0 saturated heterocycles. The van der Waals surface area contributed by atoms with Crippen LogP contribution in [0.3, 0.4) is 0 Å². The van der Waals surface area contributed by atoms with E-state index in [1.54, 1.807) is 4.57 Å². The van der Waals surface area contributed by atoms with Gasteiger partial charge in [-0.05, 0) is 13.3 Å². The molecule has 2 aromatic rings. The third kappa shape index (κ3) is 14.7. The standard InChI is InChI=1S/C28H52N5O6P/c1-3-4-5-6-7-8-9-10-11-12-13-14-15-16-17-24(2)38-20-21-39-40(35,36)23-37-19-18-33-22-30-25-26(33)31-28(29)32-27(25)34/h22,24H,3-21,23H2,1-2H3,(H,35,36)(H3,29,31,32,34). The van der Waals surface area contributed by atoms with E-state index < -0.39 is 19.5 Å². The minimum Gasteiger partial charge on any atom is -0.376 e. The van der Waals surface area contributed by atoms with E-state index in [0.29, 0.717) is 5.65 Å². The average molecular weight is 586 g/mol. The summed E-state index contributed by atoms with van der Waals surface area (Å²) in [4.78, 5) is 32.3. The van der Waals surface area contributed by atoms with E-state index in [1.165, 1.54) is 89.8 Å². The topological polar surface area (TPSA) is 155 Å². The Morgan fingerprint density at radius 2 is 1.57 bits per heavy atom. The van der Waals surface area contributed by atoms with Crippen LogP contribution in [0.25, 0.3) is 11.2 Å². The highest BCUT2D eigenvalue weighted by atomic mass is 31.2. The molecule has 0 spiro atoms. The summed E-state index contributed by atoms with van der Waals surface area (Å²) < 4.78 is 30.0. The zero-order valence-corrected chi connectivity index (χ0v) is 25.5. The third-order valence-electron chi connectivity index (χ3n) is 6.97. The SMILES string of the molecule is CCCCCCCCCCCCCCCCC(C)OCCOP(=O)(O)COCCn1cnc2c(=O)[nH]c(N)nc21. The number of nitrogen functional groups attached to an aromatic ring is 1. The fourth-order valence-corrected chi connectivity index (χ4v) is 5.45. The van der Waals surface area contributed by atoms with E-state index in [2.05, 4.69) is 21.9 Å². The van der Waals surface area contributed by atoms with Gasteiger partial charge in [-0.15, -0.1) is 0 Å². The molecule has 0 bridgehead atoms. The Hall–Kier alpha value is -1.78. The summed E-state index contributed by atoms with van der Waals surface area (Å²) in [6, 6.07) is 0. The summed E-state index contributed by atoms with van der Waals surface area (Å²) in [6.45, 7) is 4.97. The zero-order valence-electron chi connectivity index (χ0n) is 24.7. The summed E-state index contributed by atoms with van der Waals surface area (Å²) in [5.41, 5.74) is 5.65. The summed E-state index contributed by atoms with van der Waals surface area (Å²) in [5.74, 6) is -0.00967. The van der Waals surface area contributed by atoms with Crippen molar-refractivity contribution in [2.75, 3.05) is 31.9 Å². The van der Waals surface area contributed by atoms with Crippen LogP contribution in [0.5, 0.6) is 0 Å². The van der Waals surface area contributed by atoms with Crippen molar-refractivity contribution in [2.24, 2.45) is 0 Å². The number of unbranched alkanes of at least 4 members (excludes halogenated alkanes) is 13. The normalized spacial score (nSPS) is 14.1. The largest absolute Gasteiger partial charge is 0.376 e. The highest BCUT2D eigenvalue weighted by molar-refractivity contribution is 7.52. The molecule has 0 saturated carbocycles. The Labute approximate surface area is 239 Å². The van der Waals surface area contributed by atoms with E-state index in [-0.39, 0.29) is 43.9 Å². The average Bonchev–Trinajstić information content (AvgIpc) is 3.32. The summed E-state index contributed by atoms with van der Waals surface area (Å²) in [7, 11) is -3.89. The van der Waals surface area contributed by atoms with Crippen molar-refractivity contribution in [1.29, 1.82) is 0 Å². The molecule has 0 aliphatic heterocycles. The van der Waals surface area contributed by atoms with E-state index in [0.717, 1.165) is 12.8 Å². The Morgan fingerprint density at radius 3 is 2.20 bits per heavy atom. The molecule has 11 nitrogen and oxygen atoms in total. The fraction of sp³-hybridized carbons (Fsp3) is 0.821. The van der Waals surface area contributed by atoms with Gasteiger partial charge in [0.15, 0.2) is 11.2 Å². The van der Waals surface area contributed by atoms with Crippen LogP contribution in [0.4, 0.5) is 5.95 Å². The number of ether oxygens (including phenoxy) is 2. The van der Waals surface area contributed by atoms with Crippen LogP contribution in [0.15, 0.2) is 11.1 Å². The minimum absolute atomic E-state index is 0.00967. The lowest BCUT2D eigenvalue weighted by Crippen LogP contribution is -2.14. The molecule has 2 heterocycles. The molecule has 2 unspecified atom stereocenters. The predicted octanol–water partition coefficient (Wildman–Crippen LogP) is 6.15. The zero-order chi connectivity index (χ0) is 29.1. The number of fused-ring (bicyclic) bond motifs is 1. The number of rotatable bonds is 25. The van der Waals surface area contributed by atoms with Gasteiger partial charge in [-0.1, -0.05) is 96.8 Å². The Bertz CT molecular complexity index is 1050. The van der Waals surface area contributed by atoms with E-state index in [1.807, 2.05) is 6.92 Å². The van der Waals surface area contributed by atoms with E-state index in [4.69, 9.17) is 19.7 Å². The molecule has 0 amide bonds. The Morgan fingerprint density at radius 1 is 0.975 bits per heavy atom. The second kappa shape index (κ2) is 20.2. The van der Waals surface area contributed by atoms with Crippen LogP contribution >= 0.6 is 7.60 Å². The maximum absolute atomic E-state index is 12.2. The molecule has 40 heavy (non-hydrogen) atoms. The van der Waals surface area contributed by atoms with Crippen LogP contribution in [0, 0.1) is 0 Å². The number of nitrogens with two attached hydrogens (primary N) is 1. The van der Waals surface area contributed by atoms with Gasteiger partial charge in [0.05, 0.1) is 32.3 Å². The number of anilines is 1. The first-order chi connectivity index (χ1) is 19.3. The number of hydrogen-bond acceptors (Lipinski definition) is 8. The molecule has 0 radical (unpaired) electrons. The summed E-state index contributed by atoms with van der Waals surface area (Å²) >= 11 is 0. The van der Waals surface area contributed by atoms with Crippen molar-refractivity contribution in [3.63, 3.8) is 0 Å². The molecular formula is C28H52N5O6P. The van der Waals surface area contributed by atoms with Gasteiger partial charge >= 0.3 is 7.60 Å². The number of aromatic amines is 1. The second-order valence-electron chi connectivity index (χ2n) is 10.6. The van der Waals surface area contributed by atoms with Gasteiger partial charge in [-0.2, -0.15) is 4.98 Å². The molecule has 2 aromatic heterocycles. The summed E-state index contributed by atoms with van der Waals surface area (Å²) in [5, 5.41) is 0. The highest BCUT2D eigenvalue weighted by Gasteiger charge is 2.20. The van der Waals surface area contributed by atoms with Gasteiger partial charge in [0.2, 0.25) is 5.95 Å². The quantitative estimate of drug-likeness (QED) is 0.0918. The molecule has 230 valence electrons. The molecule has 0 aliphatic carbocycles. The second-order valence-corrected chi connectivity index (χ2v) is 12.4. The van der Waals surface area contributed by atoms with Gasteiger partial charge in [0.1, 0.15) is 6.35 Å². The number of nitrogens with zero attached hydrogens (tertiary/aromatic N) is 3. The molecule has 2 rings (SSSR count). The van der Waals surface area contributed by atoms with Crippen molar-refractivity contribution in [2.45, 2.75) is 123 Å². The molecule has 0 aromatic carbocycles. The fourth-order valence-electron chi connectivity index (χ4n) is 4.65. The maximum Gasteiger partial charge on any atom is 0.353 e. The molecule has 0 aliphatic rings. The van der Waals surface area contributed by atoms with Crippen molar-refractivity contribution in [3.05, 3.63) is 16.7 Å². The van der Waals surface area contributed by atoms with Crippen LogP contribution < -0.4 is 11.3 Å². The molecule has 4 N–H and O–H groups in total. The number of hydrogen-bond donors (Lipinski definition) is 3. The van der Waals surface area contributed by atoms with Crippen LogP contribution in [-0.4, -0.2) is 56.7 Å². The first-order valence-corrected chi connectivity index (χ1v) is 16.9. The Kier molecular flexibility index (Phi) is 17.3. The predicted molar refractivity (Wildman–Crippen MR) is 160 cm³/mol. The van der Waals surface area contributed by atoms with Crippen molar-refractivity contribution in [1.82, 2.24) is 19.5 Å². The van der Waals surface area contributed by atoms with Crippen molar-refractivity contribution in [3.8, 4) is 0 Å². The van der Waals surface area contributed by atoms with Crippen LogP contribution in [-0.2, 0) is 25.1 Å². The monoisotopic (exact) mass is 585 g/mol. The van der Waals surface area contributed by atoms with E-state index >= 15 is 0 Å². The van der Waals surface area contributed by atoms with Crippen LogP contribution in [0.2, 0.25) is 0 Å². The highest BCUT2D eigenvalue weighted by Crippen LogP contribution is 2.41. The smallest absolute Gasteiger partial charge is 0.353 e. The lowest BCUT2D eigenvalue weighted by molar-refractivity contribution is 0.0338. The number of H-pyrrole nitrogens is 1. The molecule has 12 heteroatoms. The maximum atomic E-state index is 12.2. The first kappa shape index (κ1) is 34.4. The van der Waals surface area contributed by atoms with E-state index in [9.17, 15) is 14.3 Å². The lowest BCUT2D eigenvalue weighted by atomic mass is 10.0. The van der Waals surface area contributed by atoms with Gasteiger partial charge in [-0.25, -0.2) is 4.98 Å². The van der Waals surface area contributed by atoms with Crippen molar-refractivity contribution < 1.29 is 23.5 Å². The number of aromatic nitrogens is 4. The van der Waals surface area contributed by atoms with Gasteiger partial charge in [-0.3, -0.25) is 14.3 Å². The minimum atomic E-state index is -3.89. The van der Waals surface area contributed by atoms with Gasteiger partial charge < -0.3 is 29.2 Å². The number of imidazole rings is 1. The Balaban J connectivity index is 1.41. The van der Waals surface area contributed by atoms with Gasteiger partial charge in [0, 0.05) is 6.54 Å². The molecule has 2 atom stereocenters. The van der Waals surface area contributed by atoms with Crippen LogP contribution in [0.1, 0.15) is 110 Å². The first-order valence-electron chi connectivity index (χ1n) is 15.2. The van der Waals surface area contributed by atoms with Crippen molar-refractivity contribution >= 4 is 24.7 Å². The summed E-state index contributed by atoms with van der Waals surface area (Å²) in [6.07, 6.45) is 20.9. The number of nitrogens with one attached hydrogen (secondary N) is 1. The molecular weight excluding hydrogens is 533 g/mol. The lowest BCUT2D eigenvalue weighted by Gasteiger charge is -2.15. The third-order valence-corrected chi connectivity index (χ3v) is 8.06.